The molecule has 6 heteroatoms. The molecule has 1 aromatic heterocycles. The van der Waals surface area contributed by atoms with Crippen LogP contribution >= 0.6 is 11.6 Å². The van der Waals surface area contributed by atoms with Gasteiger partial charge in [-0.3, -0.25) is 0 Å². The maximum absolute atomic E-state index is 9.79. The summed E-state index contributed by atoms with van der Waals surface area (Å²) >= 11 is 5.73. The Hall–Kier alpha value is -0.880. The highest BCUT2D eigenvalue weighted by molar-refractivity contribution is 6.31. The van der Waals surface area contributed by atoms with E-state index in [0.717, 1.165) is 0 Å². The van der Waals surface area contributed by atoms with Crippen molar-refractivity contribution in [1.82, 2.24) is 10.3 Å². The van der Waals surface area contributed by atoms with Gasteiger partial charge in [-0.05, 0) is 32.1 Å². The Morgan fingerprint density at radius 2 is 2.19 bits per heavy atom. The fourth-order valence-corrected chi connectivity index (χ4v) is 1.43. The number of anilines is 1. The number of aliphatic hydroxyl groups is 2. The summed E-state index contributed by atoms with van der Waals surface area (Å²) in [7, 11) is 1.78. The van der Waals surface area contributed by atoms with Gasteiger partial charge in [0.25, 0.3) is 0 Å². The third-order valence-corrected chi connectivity index (χ3v) is 2.56. The smallest absolute Gasteiger partial charge is 0.152 e. The summed E-state index contributed by atoms with van der Waals surface area (Å²) in [6.07, 6.45) is -1.49. The lowest BCUT2D eigenvalue weighted by Gasteiger charge is -2.17. The van der Waals surface area contributed by atoms with Crippen LogP contribution in [0, 0.1) is 0 Å². The number of rotatable bonds is 5. The molecule has 90 valence electrons. The Balaban J connectivity index is 2.71. The monoisotopic (exact) mass is 245 g/mol. The number of pyridine rings is 1. The van der Waals surface area contributed by atoms with Crippen molar-refractivity contribution in [3.05, 3.63) is 23.0 Å². The molecule has 0 saturated heterocycles. The van der Waals surface area contributed by atoms with Crippen molar-refractivity contribution in [2.45, 2.75) is 18.6 Å². The van der Waals surface area contributed by atoms with Gasteiger partial charge in [0.1, 0.15) is 6.10 Å². The van der Waals surface area contributed by atoms with E-state index in [2.05, 4.69) is 10.3 Å². The van der Waals surface area contributed by atoms with E-state index in [1.807, 2.05) is 0 Å². The molecule has 1 rings (SSSR count). The first kappa shape index (κ1) is 13.2. The van der Waals surface area contributed by atoms with Gasteiger partial charge in [0, 0.05) is 0 Å². The number of nitrogens with one attached hydrogen (secondary N) is 1. The Labute approximate surface area is 99.3 Å². The fourth-order valence-electron chi connectivity index (χ4n) is 1.27. The van der Waals surface area contributed by atoms with Crippen LogP contribution in [0.15, 0.2) is 12.1 Å². The molecule has 5 nitrogen and oxygen atoms in total. The number of halogens is 1. The molecule has 0 aliphatic heterocycles. The third-order valence-electron chi connectivity index (χ3n) is 2.26. The Morgan fingerprint density at radius 1 is 1.50 bits per heavy atom. The fraction of sp³-hybridized carbons (Fsp3) is 0.500. The van der Waals surface area contributed by atoms with Crippen LogP contribution in [0.25, 0.3) is 0 Å². The summed E-state index contributed by atoms with van der Waals surface area (Å²) in [5.74, 6) is 0. The number of hydrogen-bond acceptors (Lipinski definition) is 5. The first-order chi connectivity index (χ1) is 7.56. The zero-order chi connectivity index (χ0) is 12.1. The van der Waals surface area contributed by atoms with Crippen LogP contribution in [0.1, 0.15) is 18.2 Å². The summed E-state index contributed by atoms with van der Waals surface area (Å²) in [5, 5.41) is 22.5. The molecule has 1 aromatic rings. The van der Waals surface area contributed by atoms with Crippen LogP contribution < -0.4 is 11.1 Å². The molecule has 1 heterocycles. The van der Waals surface area contributed by atoms with Gasteiger partial charge < -0.3 is 21.3 Å². The normalized spacial score (nSPS) is 14.8. The molecule has 0 spiro atoms. The molecule has 0 radical (unpaired) electrons. The van der Waals surface area contributed by atoms with Crippen molar-refractivity contribution in [2.24, 2.45) is 0 Å². The van der Waals surface area contributed by atoms with Crippen LogP contribution in [0.5, 0.6) is 0 Å². The molecule has 0 amide bonds. The predicted octanol–water partition coefficient (Wildman–Crippen LogP) is 0.321. The predicted molar refractivity (Wildman–Crippen MR) is 63.2 cm³/mol. The second-order valence-electron chi connectivity index (χ2n) is 3.52. The summed E-state index contributed by atoms with van der Waals surface area (Å²) in [4.78, 5) is 3.91. The van der Waals surface area contributed by atoms with E-state index in [-0.39, 0.29) is 5.15 Å². The van der Waals surface area contributed by atoms with Gasteiger partial charge in [0.15, 0.2) is 5.15 Å². The molecule has 0 bridgehead atoms. The molecule has 2 atom stereocenters. The van der Waals surface area contributed by atoms with Crippen molar-refractivity contribution in [2.75, 3.05) is 19.3 Å². The average molecular weight is 246 g/mol. The zero-order valence-corrected chi connectivity index (χ0v) is 9.78. The van der Waals surface area contributed by atoms with Crippen molar-refractivity contribution >= 4 is 17.3 Å². The van der Waals surface area contributed by atoms with Crippen LogP contribution in [-0.4, -0.2) is 34.9 Å². The molecule has 2 unspecified atom stereocenters. The highest BCUT2D eigenvalue weighted by Gasteiger charge is 2.19. The molecule has 0 aromatic carbocycles. The SMILES string of the molecule is CNCCC(O)C(O)c1ccc(N)c(Cl)n1. The number of nitrogen functional groups attached to an aromatic ring is 1. The quantitative estimate of drug-likeness (QED) is 0.561. The summed E-state index contributed by atoms with van der Waals surface area (Å²) in [6, 6.07) is 3.10. The van der Waals surface area contributed by atoms with Crippen molar-refractivity contribution < 1.29 is 10.2 Å². The third kappa shape index (κ3) is 3.31. The lowest BCUT2D eigenvalue weighted by Crippen LogP contribution is -2.24. The number of nitrogens with two attached hydrogens (primary N) is 1. The first-order valence-electron chi connectivity index (χ1n) is 4.99. The van der Waals surface area contributed by atoms with E-state index in [1.54, 1.807) is 19.2 Å². The van der Waals surface area contributed by atoms with Gasteiger partial charge in [0.2, 0.25) is 0 Å². The van der Waals surface area contributed by atoms with Gasteiger partial charge in [-0.25, -0.2) is 4.98 Å². The topological polar surface area (TPSA) is 91.4 Å². The summed E-state index contributed by atoms with van der Waals surface area (Å²) < 4.78 is 0. The molecule has 5 N–H and O–H groups in total. The van der Waals surface area contributed by atoms with E-state index in [1.165, 1.54) is 0 Å². The lowest BCUT2D eigenvalue weighted by atomic mass is 10.1. The second kappa shape index (κ2) is 6.00. The number of hydrogen-bond donors (Lipinski definition) is 4. The van der Waals surface area contributed by atoms with Crippen LogP contribution in [-0.2, 0) is 0 Å². The van der Waals surface area contributed by atoms with E-state index in [9.17, 15) is 10.2 Å². The highest BCUT2D eigenvalue weighted by atomic mass is 35.5. The zero-order valence-electron chi connectivity index (χ0n) is 9.02. The van der Waals surface area contributed by atoms with Gasteiger partial charge in [-0.2, -0.15) is 0 Å². The van der Waals surface area contributed by atoms with Gasteiger partial charge in [0.05, 0.1) is 17.5 Å². The van der Waals surface area contributed by atoms with E-state index in [4.69, 9.17) is 17.3 Å². The Morgan fingerprint density at radius 3 is 2.75 bits per heavy atom. The largest absolute Gasteiger partial charge is 0.396 e. The Bertz CT molecular complexity index is 349. The number of aromatic nitrogens is 1. The lowest BCUT2D eigenvalue weighted by molar-refractivity contribution is 0.0115. The average Bonchev–Trinajstić information content (AvgIpc) is 2.28. The summed E-state index contributed by atoms with van der Waals surface area (Å²) in [5.41, 5.74) is 6.17. The van der Waals surface area contributed by atoms with Gasteiger partial charge >= 0.3 is 0 Å². The molecule has 0 fully saturated rings. The van der Waals surface area contributed by atoms with Gasteiger partial charge in [-0.1, -0.05) is 11.6 Å². The highest BCUT2D eigenvalue weighted by Crippen LogP contribution is 2.22. The molecule has 16 heavy (non-hydrogen) atoms. The van der Waals surface area contributed by atoms with Crippen LogP contribution in [0.2, 0.25) is 5.15 Å². The van der Waals surface area contributed by atoms with E-state index >= 15 is 0 Å². The van der Waals surface area contributed by atoms with Crippen molar-refractivity contribution in [1.29, 1.82) is 0 Å². The second-order valence-corrected chi connectivity index (χ2v) is 3.88. The standard InChI is InChI=1S/C10H16ClN3O2/c1-13-5-4-8(15)9(16)7-3-2-6(12)10(11)14-7/h2-3,8-9,13,15-16H,4-5,12H2,1H3. The van der Waals surface area contributed by atoms with E-state index in [0.29, 0.717) is 24.3 Å². The minimum atomic E-state index is -1.05. The minimum absolute atomic E-state index is 0.136. The summed E-state index contributed by atoms with van der Waals surface area (Å²) in [6.45, 7) is 0.612. The number of nitrogens with zero attached hydrogens (tertiary/aromatic N) is 1. The minimum Gasteiger partial charge on any atom is -0.396 e. The number of aliphatic hydroxyl groups excluding tert-OH is 2. The maximum Gasteiger partial charge on any atom is 0.152 e. The van der Waals surface area contributed by atoms with Crippen LogP contribution in [0.4, 0.5) is 5.69 Å². The molecule has 0 aliphatic rings. The van der Waals surface area contributed by atoms with Crippen LogP contribution in [0.3, 0.4) is 0 Å². The van der Waals surface area contributed by atoms with Crippen molar-refractivity contribution in [3.8, 4) is 0 Å². The molecular weight excluding hydrogens is 230 g/mol. The van der Waals surface area contributed by atoms with E-state index < -0.39 is 12.2 Å². The Kier molecular flexibility index (Phi) is 4.95. The maximum atomic E-state index is 9.79. The van der Waals surface area contributed by atoms with Gasteiger partial charge in [-0.15, -0.1) is 0 Å². The molecular formula is C10H16ClN3O2. The molecule has 0 saturated carbocycles. The molecule has 0 aliphatic carbocycles. The van der Waals surface area contributed by atoms with Crippen molar-refractivity contribution in [3.63, 3.8) is 0 Å². The first-order valence-corrected chi connectivity index (χ1v) is 5.36.